The lowest BCUT2D eigenvalue weighted by atomic mass is 9.97. The van der Waals surface area contributed by atoms with Crippen molar-refractivity contribution in [3.05, 3.63) is 146 Å². The van der Waals surface area contributed by atoms with Crippen LogP contribution in [0, 0.1) is 36.4 Å². The minimum atomic E-state index is -0.224. The molecule has 0 spiro atoms. The molecule has 0 heterocycles. The van der Waals surface area contributed by atoms with Gasteiger partial charge in [-0.1, -0.05) is 36.4 Å². The summed E-state index contributed by atoms with van der Waals surface area (Å²) in [7, 11) is 0. The molecule has 6 N–H and O–H groups in total. The molecule has 0 amide bonds. The quantitative estimate of drug-likeness (QED) is 0.0693. The van der Waals surface area contributed by atoms with Gasteiger partial charge < -0.3 is 30.6 Å². The van der Waals surface area contributed by atoms with E-state index in [-0.39, 0.29) is 34.5 Å². The molecule has 0 aliphatic carbocycles. The zero-order chi connectivity index (χ0) is 36.8. The second kappa shape index (κ2) is 11.3. The average Bonchev–Trinajstić information content (AvgIpc) is 3.20. The molecule has 0 atom stereocenters. The fourth-order valence-electron chi connectivity index (χ4n) is 7.51. The molecule has 0 aliphatic heterocycles. The van der Waals surface area contributed by atoms with Crippen LogP contribution in [0.25, 0.3) is 97.0 Å². The van der Waals surface area contributed by atoms with Crippen molar-refractivity contribution in [1.82, 2.24) is 0 Å². The van der Waals surface area contributed by atoms with E-state index in [9.17, 15) is 30.6 Å². The lowest BCUT2D eigenvalue weighted by Crippen LogP contribution is -1.82. The largest absolute Gasteiger partial charge is 0.504 e. The molecule has 0 unspecified atom stereocenters. The van der Waals surface area contributed by atoms with E-state index < -0.39 is 0 Å². The third-order valence-corrected chi connectivity index (χ3v) is 10.2. The van der Waals surface area contributed by atoms with Crippen LogP contribution in [0.15, 0.2) is 109 Å². The van der Waals surface area contributed by atoms with Crippen LogP contribution in [-0.4, -0.2) is 30.6 Å². The van der Waals surface area contributed by atoms with Crippen LogP contribution in [0.1, 0.15) is 0 Å². The summed E-state index contributed by atoms with van der Waals surface area (Å²) in [5.41, 5.74) is 0. The number of hydrogen-bond acceptors (Lipinski definition) is 6. The van der Waals surface area contributed by atoms with E-state index in [4.69, 9.17) is 0 Å². The third-order valence-electron chi connectivity index (χ3n) is 10.2. The minimum absolute atomic E-state index is 0.224. The standard InChI is InChI=1S/C48H24O6/c49-43-31-13-7-25-1-2-26-8-14-32-38(20-26)40-22-28(10-16-34(40)46(52)44(32)50)5-6-30-12-18-36-42(24-30)41-23-29(11-17-35(41)47(53)48(36)54)4-3-27-9-15-33(45(43)51)39(21-27)37(31)19-25/h7-24,49-54H. The maximum absolute atomic E-state index is 11.0. The fraction of sp³-hybridized carbons (Fsp3) is 0. The number of phenols is 6. The Labute approximate surface area is 306 Å². The second-order valence-corrected chi connectivity index (χ2v) is 13.4. The Balaban J connectivity index is 1.35. The zero-order valence-electron chi connectivity index (χ0n) is 28.1. The minimum Gasteiger partial charge on any atom is -0.504 e. The second-order valence-electron chi connectivity index (χ2n) is 13.4. The molecule has 252 valence electrons. The molecule has 6 nitrogen and oxygen atoms in total. The maximum atomic E-state index is 11.0. The summed E-state index contributed by atoms with van der Waals surface area (Å²) in [6.07, 6.45) is 0. The van der Waals surface area contributed by atoms with Crippen molar-refractivity contribution in [3.8, 4) is 34.5 Å². The van der Waals surface area contributed by atoms with E-state index in [1.807, 2.05) is 36.4 Å². The molecule has 0 aliphatic rings. The molecule has 0 fully saturated rings. The topological polar surface area (TPSA) is 121 Å². The summed E-state index contributed by atoms with van der Waals surface area (Å²) in [6, 6.07) is 51.7. The molecule has 6 heteroatoms. The molecular formula is C48H24O6. The van der Waals surface area contributed by atoms with Gasteiger partial charge in [0, 0.05) is 64.6 Å². The van der Waals surface area contributed by atoms with Crippen LogP contribution in [0.3, 0.4) is 0 Å². The van der Waals surface area contributed by atoms with Gasteiger partial charge in [-0.2, -0.15) is 0 Å². The molecule has 54 heavy (non-hydrogen) atoms. The van der Waals surface area contributed by atoms with E-state index in [2.05, 4.69) is 36.4 Å². The predicted molar refractivity (Wildman–Crippen MR) is 213 cm³/mol. The van der Waals surface area contributed by atoms with Gasteiger partial charge in [-0.25, -0.2) is 0 Å². The van der Waals surface area contributed by atoms with Crippen molar-refractivity contribution in [1.29, 1.82) is 0 Å². The molecule has 0 saturated heterocycles. The smallest absolute Gasteiger partial charge is 0.166 e. The summed E-state index contributed by atoms with van der Waals surface area (Å²) >= 11 is 0. The van der Waals surface area contributed by atoms with Crippen molar-refractivity contribution in [2.45, 2.75) is 0 Å². The summed E-state index contributed by atoms with van der Waals surface area (Å²) in [4.78, 5) is 0. The Morgan fingerprint density at radius 3 is 0.500 bits per heavy atom. The number of benzene rings is 9. The summed E-state index contributed by atoms with van der Waals surface area (Å²) in [5, 5.41) is 76.7. The van der Waals surface area contributed by atoms with Gasteiger partial charge in [0.05, 0.1) is 0 Å². The highest BCUT2D eigenvalue weighted by molar-refractivity contribution is 6.18. The van der Waals surface area contributed by atoms with Crippen molar-refractivity contribution in [3.63, 3.8) is 0 Å². The number of hydrogen-bond donors (Lipinski definition) is 6. The van der Waals surface area contributed by atoms with Gasteiger partial charge in [0.15, 0.2) is 34.5 Å². The van der Waals surface area contributed by atoms with Crippen molar-refractivity contribution in [2.75, 3.05) is 0 Å². The first kappa shape index (κ1) is 30.8. The highest BCUT2D eigenvalue weighted by Crippen LogP contribution is 2.45. The van der Waals surface area contributed by atoms with Gasteiger partial charge in [-0.15, -0.1) is 0 Å². The molecule has 12 bridgehead atoms. The lowest BCUT2D eigenvalue weighted by Gasteiger charge is -2.10. The van der Waals surface area contributed by atoms with Crippen molar-refractivity contribution >= 4 is 97.0 Å². The normalized spacial score (nSPS) is 11.3. The zero-order valence-corrected chi connectivity index (χ0v) is 28.1. The van der Waals surface area contributed by atoms with Gasteiger partial charge in [0.25, 0.3) is 0 Å². The first-order valence-corrected chi connectivity index (χ1v) is 17.0. The first-order chi connectivity index (χ1) is 26.2. The predicted octanol–water partition coefficient (Wildman–Crippen LogP) is 10.8. The van der Waals surface area contributed by atoms with Crippen LogP contribution in [0.2, 0.25) is 0 Å². The van der Waals surface area contributed by atoms with Gasteiger partial charge in [0.2, 0.25) is 0 Å². The van der Waals surface area contributed by atoms with E-state index in [0.717, 1.165) is 0 Å². The number of rotatable bonds is 0. The molecule has 0 radical (unpaired) electrons. The highest BCUT2D eigenvalue weighted by atomic mass is 16.3. The Morgan fingerprint density at radius 2 is 0.352 bits per heavy atom. The Kier molecular flexibility index (Phi) is 6.42. The fourth-order valence-corrected chi connectivity index (χ4v) is 7.51. The summed E-state index contributed by atoms with van der Waals surface area (Å²) < 4.78 is 0. The van der Waals surface area contributed by atoms with E-state index in [0.29, 0.717) is 97.0 Å². The van der Waals surface area contributed by atoms with E-state index in [1.165, 1.54) is 0 Å². The van der Waals surface area contributed by atoms with E-state index in [1.54, 1.807) is 72.8 Å². The molecule has 0 saturated carbocycles. The maximum Gasteiger partial charge on any atom is 0.166 e. The van der Waals surface area contributed by atoms with Crippen LogP contribution in [-0.2, 0) is 0 Å². The summed E-state index contributed by atoms with van der Waals surface area (Å²) in [5.74, 6) is -1.34. The first-order valence-electron chi connectivity index (χ1n) is 17.0. The Bertz CT molecular complexity index is 2820. The van der Waals surface area contributed by atoms with E-state index >= 15 is 0 Å². The van der Waals surface area contributed by atoms with Gasteiger partial charge in [-0.05, 0) is 142 Å². The number of fused-ring (bicyclic) bond motifs is 6. The van der Waals surface area contributed by atoms with Crippen molar-refractivity contribution in [2.24, 2.45) is 0 Å². The molecule has 10 rings (SSSR count). The Hall–Kier alpha value is -7.98. The highest BCUT2D eigenvalue weighted by Gasteiger charge is 2.16. The van der Waals surface area contributed by atoms with Crippen LogP contribution < -0.4 is 0 Å². The number of phenolic OH excluding ortho intramolecular Hbond substituents is 6. The Morgan fingerprint density at radius 1 is 0.204 bits per heavy atom. The lowest BCUT2D eigenvalue weighted by molar-refractivity contribution is 0.412. The van der Waals surface area contributed by atoms with Crippen LogP contribution in [0.4, 0.5) is 0 Å². The van der Waals surface area contributed by atoms with Crippen LogP contribution in [0.5, 0.6) is 34.5 Å². The molecule has 10 aromatic carbocycles. The van der Waals surface area contributed by atoms with Gasteiger partial charge in [0.1, 0.15) is 0 Å². The summed E-state index contributed by atoms with van der Waals surface area (Å²) in [6.45, 7) is 0. The average molecular weight is 697 g/mol. The van der Waals surface area contributed by atoms with Crippen molar-refractivity contribution < 1.29 is 30.6 Å². The van der Waals surface area contributed by atoms with Gasteiger partial charge in [-0.3, -0.25) is 0 Å². The number of aromatic hydroxyl groups is 6. The monoisotopic (exact) mass is 696 g/mol. The molecule has 0 aromatic heterocycles. The van der Waals surface area contributed by atoms with Crippen LogP contribution >= 0.6 is 0 Å². The SMILES string of the molecule is Oc1c(O)c2ccc3c#cc4ccc5c(O)c(O)c6ccc(c#cc7ccc8c(O)c(O)c9ccc(c#cc%10ccc1c(c%10)c2c3)cc9c8c7)cc6c5c4. The molecular weight excluding hydrogens is 673 g/mol. The third kappa shape index (κ3) is 4.60. The van der Waals surface area contributed by atoms with Gasteiger partial charge >= 0.3 is 0 Å². The molecule has 10 aromatic rings.